The summed E-state index contributed by atoms with van der Waals surface area (Å²) in [6.45, 7) is 0.0800. The van der Waals surface area contributed by atoms with E-state index in [0.29, 0.717) is 9.08 Å². The number of benzene rings is 1. The van der Waals surface area contributed by atoms with Gasteiger partial charge in [0.05, 0.1) is 5.69 Å². The van der Waals surface area contributed by atoms with Crippen molar-refractivity contribution in [3.05, 3.63) is 56.7 Å². The van der Waals surface area contributed by atoms with Crippen molar-refractivity contribution in [1.29, 1.82) is 0 Å². The number of aromatic nitrogens is 1. The minimum atomic E-state index is -1.26. The lowest BCUT2D eigenvalue weighted by molar-refractivity contribution is 0.0691. The zero-order valence-electron chi connectivity index (χ0n) is 11.0. The molecule has 0 aliphatic heterocycles. The molecule has 0 saturated carbocycles. The van der Waals surface area contributed by atoms with Gasteiger partial charge in [-0.3, -0.25) is 5.32 Å². The zero-order valence-corrected chi connectivity index (χ0v) is 14.2. The number of aromatic carboxylic acids is 1. The van der Waals surface area contributed by atoms with E-state index in [0.717, 1.165) is 5.56 Å². The van der Waals surface area contributed by atoms with E-state index >= 15 is 0 Å². The Morgan fingerprint density at radius 1 is 1.23 bits per heavy atom. The van der Waals surface area contributed by atoms with Crippen molar-refractivity contribution < 1.29 is 19.4 Å². The Bertz CT molecular complexity index is 707. The molecule has 8 heteroatoms. The Morgan fingerprint density at radius 3 is 2.55 bits per heavy atom. The Kier molecular flexibility index (Phi) is 5.51. The van der Waals surface area contributed by atoms with Crippen LogP contribution in [0.3, 0.4) is 0 Å². The van der Waals surface area contributed by atoms with Gasteiger partial charge in [-0.05, 0) is 43.5 Å². The maximum atomic E-state index is 11.8. The van der Waals surface area contributed by atoms with Crippen molar-refractivity contribution in [3.63, 3.8) is 0 Å². The summed E-state index contributed by atoms with van der Waals surface area (Å²) >= 11 is 6.28. The number of ether oxygens (including phenoxy) is 1. The van der Waals surface area contributed by atoms with Gasteiger partial charge in [-0.1, -0.05) is 30.3 Å². The number of hydrogen-bond donors (Lipinski definition) is 2. The van der Waals surface area contributed by atoms with E-state index < -0.39 is 12.1 Å². The van der Waals surface area contributed by atoms with Crippen LogP contribution in [-0.4, -0.2) is 22.2 Å². The highest BCUT2D eigenvalue weighted by Crippen LogP contribution is 2.28. The molecule has 0 aliphatic rings. The molecule has 2 rings (SSSR count). The van der Waals surface area contributed by atoms with Crippen molar-refractivity contribution in [3.8, 4) is 0 Å². The van der Waals surface area contributed by atoms with E-state index in [4.69, 9.17) is 9.84 Å². The fourth-order valence-electron chi connectivity index (χ4n) is 1.62. The highest BCUT2D eigenvalue weighted by molar-refractivity contribution is 9.11. The average molecular weight is 430 g/mol. The molecule has 0 atom stereocenters. The second-order valence-corrected chi connectivity index (χ2v) is 5.81. The summed E-state index contributed by atoms with van der Waals surface area (Å²) < 4.78 is 5.76. The van der Waals surface area contributed by atoms with Crippen molar-refractivity contribution in [2.24, 2.45) is 0 Å². The van der Waals surface area contributed by atoms with Gasteiger partial charge in [-0.2, -0.15) is 0 Å². The van der Waals surface area contributed by atoms with Gasteiger partial charge in [0.1, 0.15) is 11.2 Å². The van der Waals surface area contributed by atoms with Gasteiger partial charge in [0, 0.05) is 4.47 Å². The average Bonchev–Trinajstić information content (AvgIpc) is 2.48. The molecule has 0 aliphatic carbocycles. The number of nitrogens with one attached hydrogen (secondary N) is 1. The topological polar surface area (TPSA) is 88.5 Å². The maximum Gasteiger partial charge on any atom is 0.412 e. The van der Waals surface area contributed by atoms with Crippen LogP contribution in [0.2, 0.25) is 0 Å². The Balaban J connectivity index is 2.10. The van der Waals surface area contributed by atoms with Gasteiger partial charge in [-0.25, -0.2) is 14.6 Å². The molecule has 22 heavy (non-hydrogen) atoms. The largest absolute Gasteiger partial charge is 0.476 e. The molecule has 0 unspecified atom stereocenters. The first-order chi connectivity index (χ1) is 10.5. The fraction of sp³-hybridized carbons (Fsp3) is 0.0714. The number of anilines is 1. The monoisotopic (exact) mass is 428 g/mol. The minimum Gasteiger partial charge on any atom is -0.476 e. The smallest absolute Gasteiger partial charge is 0.412 e. The second-order valence-electron chi connectivity index (χ2n) is 4.14. The summed E-state index contributed by atoms with van der Waals surface area (Å²) in [6, 6.07) is 10.7. The lowest BCUT2D eigenvalue weighted by Crippen LogP contribution is -2.17. The first kappa shape index (κ1) is 16.4. The molecule has 0 saturated heterocycles. The van der Waals surface area contributed by atoms with Crippen LogP contribution in [0.15, 0.2) is 45.5 Å². The first-order valence-electron chi connectivity index (χ1n) is 6.04. The molecule has 1 amide bonds. The highest BCUT2D eigenvalue weighted by atomic mass is 79.9. The van der Waals surface area contributed by atoms with E-state index in [-0.39, 0.29) is 18.0 Å². The van der Waals surface area contributed by atoms with Gasteiger partial charge >= 0.3 is 12.1 Å². The fourth-order valence-corrected chi connectivity index (χ4v) is 2.84. The highest BCUT2D eigenvalue weighted by Gasteiger charge is 2.19. The Labute approximate surface area is 142 Å². The van der Waals surface area contributed by atoms with E-state index in [2.05, 4.69) is 42.2 Å². The number of halogens is 2. The van der Waals surface area contributed by atoms with Crippen LogP contribution in [0.1, 0.15) is 16.1 Å². The predicted molar refractivity (Wildman–Crippen MR) is 86.8 cm³/mol. The lowest BCUT2D eigenvalue weighted by Gasteiger charge is -2.11. The van der Waals surface area contributed by atoms with Crippen LogP contribution in [-0.2, 0) is 11.3 Å². The number of amides is 1. The summed E-state index contributed by atoms with van der Waals surface area (Å²) in [7, 11) is 0. The summed E-state index contributed by atoms with van der Waals surface area (Å²) in [5, 5.41) is 11.5. The van der Waals surface area contributed by atoms with E-state index in [1.165, 1.54) is 6.07 Å². The van der Waals surface area contributed by atoms with Gasteiger partial charge in [0.25, 0.3) is 0 Å². The van der Waals surface area contributed by atoms with Crippen LogP contribution < -0.4 is 5.32 Å². The third-order valence-electron chi connectivity index (χ3n) is 2.58. The number of nitrogens with zero attached hydrogens (tertiary/aromatic N) is 1. The number of carbonyl (C=O) groups excluding carboxylic acids is 1. The number of hydrogen-bond acceptors (Lipinski definition) is 4. The summed E-state index contributed by atoms with van der Waals surface area (Å²) in [5.41, 5.74) is 0.566. The standard InChI is InChI=1S/C14H10Br2N2O4/c15-9-6-10(16)17-12(13(19)20)11(9)18-14(21)22-7-8-4-2-1-3-5-8/h1-6H,7H2,(H,18,21)(H,19,20). The molecule has 0 spiro atoms. The van der Waals surface area contributed by atoms with Crippen LogP contribution in [0, 0.1) is 0 Å². The Morgan fingerprint density at radius 2 is 1.91 bits per heavy atom. The number of carbonyl (C=O) groups is 2. The third-order valence-corrected chi connectivity index (χ3v) is 3.61. The maximum absolute atomic E-state index is 11.8. The van der Waals surface area contributed by atoms with Crippen LogP contribution in [0.5, 0.6) is 0 Å². The summed E-state index contributed by atoms with van der Waals surface area (Å²) in [4.78, 5) is 26.8. The minimum absolute atomic E-state index is 0.0359. The van der Waals surface area contributed by atoms with Gasteiger partial charge < -0.3 is 9.84 Å². The molecule has 0 fully saturated rings. The van der Waals surface area contributed by atoms with E-state index in [1.807, 2.05) is 30.3 Å². The van der Waals surface area contributed by atoms with Crippen molar-refractivity contribution in [2.45, 2.75) is 6.61 Å². The molecule has 1 aromatic heterocycles. The van der Waals surface area contributed by atoms with Crippen molar-refractivity contribution in [1.82, 2.24) is 4.98 Å². The number of carboxylic acid groups (broad SMARTS) is 1. The van der Waals surface area contributed by atoms with Crippen LogP contribution in [0.4, 0.5) is 10.5 Å². The molecular weight excluding hydrogens is 420 g/mol. The first-order valence-corrected chi connectivity index (χ1v) is 7.63. The lowest BCUT2D eigenvalue weighted by atomic mass is 10.2. The predicted octanol–water partition coefficient (Wildman–Crippen LogP) is 4.05. The summed E-state index contributed by atoms with van der Waals surface area (Å²) in [6.07, 6.45) is -0.767. The molecule has 0 bridgehead atoms. The third kappa shape index (κ3) is 4.28. The number of carboxylic acids is 1. The molecular formula is C14H10Br2N2O4. The molecule has 1 aromatic carbocycles. The second kappa shape index (κ2) is 7.37. The summed E-state index contributed by atoms with van der Waals surface area (Å²) in [5.74, 6) is -1.26. The number of pyridine rings is 1. The van der Waals surface area contributed by atoms with Gasteiger partial charge in [-0.15, -0.1) is 0 Å². The van der Waals surface area contributed by atoms with E-state index in [1.54, 1.807) is 0 Å². The number of rotatable bonds is 4. The van der Waals surface area contributed by atoms with Gasteiger partial charge in [0.2, 0.25) is 0 Å². The SMILES string of the molecule is O=C(Nc1c(Br)cc(Br)nc1C(=O)O)OCc1ccccc1. The van der Waals surface area contributed by atoms with E-state index in [9.17, 15) is 9.59 Å². The molecule has 2 aromatic rings. The molecule has 114 valence electrons. The zero-order chi connectivity index (χ0) is 16.1. The molecule has 2 N–H and O–H groups in total. The molecule has 1 heterocycles. The Hall–Kier alpha value is -1.93. The molecule has 0 radical (unpaired) electrons. The normalized spacial score (nSPS) is 10.1. The van der Waals surface area contributed by atoms with Crippen molar-refractivity contribution >= 4 is 49.6 Å². The van der Waals surface area contributed by atoms with Crippen molar-refractivity contribution in [2.75, 3.05) is 5.32 Å². The van der Waals surface area contributed by atoms with Crippen LogP contribution >= 0.6 is 31.9 Å². The van der Waals surface area contributed by atoms with Gasteiger partial charge in [0.15, 0.2) is 5.69 Å². The quantitative estimate of drug-likeness (QED) is 0.715. The molecule has 6 nitrogen and oxygen atoms in total. The van der Waals surface area contributed by atoms with Crippen LogP contribution in [0.25, 0.3) is 0 Å².